The van der Waals surface area contributed by atoms with E-state index in [0.29, 0.717) is 18.5 Å². The van der Waals surface area contributed by atoms with Crippen molar-refractivity contribution in [2.24, 2.45) is 5.41 Å². The van der Waals surface area contributed by atoms with Crippen LogP contribution in [0.5, 0.6) is 0 Å². The summed E-state index contributed by atoms with van der Waals surface area (Å²) in [5.41, 5.74) is 3.98. The van der Waals surface area contributed by atoms with E-state index in [0.717, 1.165) is 41.9 Å². The maximum atomic E-state index is 12.5. The van der Waals surface area contributed by atoms with E-state index in [1.807, 2.05) is 35.9 Å². The van der Waals surface area contributed by atoms with Gasteiger partial charge < -0.3 is 5.32 Å². The van der Waals surface area contributed by atoms with Crippen molar-refractivity contribution in [3.8, 4) is 5.69 Å². The predicted molar refractivity (Wildman–Crippen MR) is 102 cm³/mol. The Morgan fingerprint density at radius 3 is 2.58 bits per heavy atom. The smallest absolute Gasteiger partial charge is 0.251 e. The van der Waals surface area contributed by atoms with Crippen LogP contribution in [0.3, 0.4) is 0 Å². The van der Waals surface area contributed by atoms with Crippen LogP contribution in [0.25, 0.3) is 5.69 Å². The molecule has 0 fully saturated rings. The van der Waals surface area contributed by atoms with Crippen LogP contribution >= 0.6 is 0 Å². The zero-order valence-corrected chi connectivity index (χ0v) is 16.1. The fraction of sp³-hybridized carbons (Fsp3) is 0.476. The Labute approximate surface area is 154 Å². The number of carbonyl (C=O) groups excluding carboxylic acids is 2. The Morgan fingerprint density at radius 2 is 1.92 bits per heavy atom. The Hall–Kier alpha value is -2.43. The molecule has 1 N–H and O–H groups in total. The lowest BCUT2D eigenvalue weighted by Gasteiger charge is -2.29. The van der Waals surface area contributed by atoms with Crippen LogP contribution < -0.4 is 5.32 Å². The zero-order valence-electron chi connectivity index (χ0n) is 16.1. The minimum Gasteiger partial charge on any atom is -0.352 e. The first kappa shape index (κ1) is 18.4. The Kier molecular flexibility index (Phi) is 4.99. The molecule has 1 aromatic heterocycles. The average Bonchev–Trinajstić information content (AvgIpc) is 2.90. The number of benzene rings is 1. The number of amides is 1. The summed E-state index contributed by atoms with van der Waals surface area (Å²) < 4.78 is 1.86. The second-order valence-corrected chi connectivity index (χ2v) is 7.92. The number of Topliss-reactive ketones (excluding diaryl/α,β-unsaturated/α-hetero) is 1. The number of nitrogens with zero attached hydrogens (tertiary/aromatic N) is 2. The molecule has 0 unspecified atom stereocenters. The van der Waals surface area contributed by atoms with E-state index in [1.165, 1.54) is 0 Å². The molecule has 1 heterocycles. The SMILES string of the molecule is CCCCNC(=O)c1ccc(-n2nc(C)c3c2CC(C)(C)CC3=O)cc1. The lowest BCUT2D eigenvalue weighted by atomic mass is 9.75. The molecule has 0 radical (unpaired) electrons. The minimum absolute atomic E-state index is 0.0556. The Balaban J connectivity index is 1.88. The number of unbranched alkanes of at least 4 members (excludes halogenated alkanes) is 1. The molecule has 0 atom stereocenters. The molecule has 3 rings (SSSR count). The normalized spacial score (nSPS) is 15.6. The number of fused-ring (bicyclic) bond motifs is 1. The molecule has 0 saturated carbocycles. The van der Waals surface area contributed by atoms with Crippen molar-refractivity contribution in [2.75, 3.05) is 6.54 Å². The summed E-state index contributed by atoms with van der Waals surface area (Å²) in [6.07, 6.45) is 3.40. The fourth-order valence-electron chi connectivity index (χ4n) is 3.59. The second-order valence-electron chi connectivity index (χ2n) is 7.92. The largest absolute Gasteiger partial charge is 0.352 e. The van der Waals surface area contributed by atoms with Crippen molar-refractivity contribution in [3.05, 3.63) is 46.8 Å². The van der Waals surface area contributed by atoms with Crippen molar-refractivity contribution in [1.29, 1.82) is 0 Å². The van der Waals surface area contributed by atoms with Crippen LogP contribution in [-0.4, -0.2) is 28.0 Å². The first-order chi connectivity index (χ1) is 12.3. The number of ketones is 1. The van der Waals surface area contributed by atoms with Gasteiger partial charge in [0.15, 0.2) is 5.78 Å². The van der Waals surface area contributed by atoms with Gasteiger partial charge in [-0.15, -0.1) is 0 Å². The highest BCUT2D eigenvalue weighted by molar-refractivity contribution is 6.00. The van der Waals surface area contributed by atoms with Crippen LogP contribution in [0.4, 0.5) is 0 Å². The van der Waals surface area contributed by atoms with Crippen LogP contribution in [0.2, 0.25) is 0 Å². The molecule has 0 saturated heterocycles. The van der Waals surface area contributed by atoms with E-state index in [4.69, 9.17) is 0 Å². The van der Waals surface area contributed by atoms with E-state index in [9.17, 15) is 9.59 Å². The lowest BCUT2D eigenvalue weighted by Crippen LogP contribution is -2.28. The number of aryl methyl sites for hydroxylation is 1. The molecule has 26 heavy (non-hydrogen) atoms. The van der Waals surface area contributed by atoms with Gasteiger partial charge in [-0.2, -0.15) is 5.10 Å². The Morgan fingerprint density at radius 1 is 1.23 bits per heavy atom. The Bertz CT molecular complexity index is 832. The van der Waals surface area contributed by atoms with Gasteiger partial charge in [-0.3, -0.25) is 9.59 Å². The molecule has 0 aliphatic heterocycles. The van der Waals surface area contributed by atoms with Crippen molar-refractivity contribution in [3.63, 3.8) is 0 Å². The van der Waals surface area contributed by atoms with Crippen LogP contribution in [-0.2, 0) is 6.42 Å². The third kappa shape index (κ3) is 3.57. The molecule has 1 aromatic carbocycles. The highest BCUT2D eigenvalue weighted by Crippen LogP contribution is 2.36. The van der Waals surface area contributed by atoms with Gasteiger partial charge in [-0.25, -0.2) is 4.68 Å². The number of rotatable bonds is 5. The summed E-state index contributed by atoms with van der Waals surface area (Å²) in [4.78, 5) is 24.7. The third-order valence-corrected chi connectivity index (χ3v) is 4.91. The third-order valence-electron chi connectivity index (χ3n) is 4.91. The highest BCUT2D eigenvalue weighted by Gasteiger charge is 2.35. The lowest BCUT2D eigenvalue weighted by molar-refractivity contribution is 0.0908. The summed E-state index contributed by atoms with van der Waals surface area (Å²) >= 11 is 0. The van der Waals surface area contributed by atoms with Gasteiger partial charge in [0.05, 0.1) is 22.6 Å². The standard InChI is InChI=1S/C21H27N3O2/c1-5-6-11-22-20(26)15-7-9-16(10-8-15)24-17-12-21(3,4)13-18(25)19(17)14(2)23-24/h7-10H,5-6,11-13H2,1-4H3,(H,22,26). The van der Waals surface area contributed by atoms with Gasteiger partial charge in [0.25, 0.3) is 5.91 Å². The van der Waals surface area contributed by atoms with Gasteiger partial charge >= 0.3 is 0 Å². The van der Waals surface area contributed by atoms with E-state index in [1.54, 1.807) is 0 Å². The highest BCUT2D eigenvalue weighted by atomic mass is 16.1. The number of aromatic nitrogens is 2. The molecule has 138 valence electrons. The molecule has 1 aliphatic carbocycles. The summed E-state index contributed by atoms with van der Waals surface area (Å²) in [5, 5.41) is 7.53. The van der Waals surface area contributed by atoms with Crippen molar-refractivity contribution < 1.29 is 9.59 Å². The summed E-state index contributed by atoms with van der Waals surface area (Å²) in [6, 6.07) is 7.42. The predicted octanol–water partition coefficient (Wildman–Crippen LogP) is 3.87. The van der Waals surface area contributed by atoms with E-state index in [2.05, 4.69) is 31.2 Å². The van der Waals surface area contributed by atoms with Crippen molar-refractivity contribution in [2.45, 2.75) is 53.4 Å². The molecule has 5 heteroatoms. The van der Waals surface area contributed by atoms with Gasteiger partial charge in [-0.05, 0) is 49.4 Å². The van der Waals surface area contributed by atoms with Gasteiger partial charge in [0, 0.05) is 18.5 Å². The molecule has 0 spiro atoms. The minimum atomic E-state index is -0.0621. The molecular weight excluding hydrogens is 326 g/mol. The summed E-state index contributed by atoms with van der Waals surface area (Å²) in [6.45, 7) is 8.91. The molecule has 1 aliphatic rings. The van der Waals surface area contributed by atoms with E-state index in [-0.39, 0.29) is 17.1 Å². The number of nitrogens with one attached hydrogen (secondary N) is 1. The molecular formula is C21H27N3O2. The van der Waals surface area contributed by atoms with Crippen molar-refractivity contribution in [1.82, 2.24) is 15.1 Å². The average molecular weight is 353 g/mol. The zero-order chi connectivity index (χ0) is 18.9. The maximum absolute atomic E-state index is 12.5. The van der Waals surface area contributed by atoms with Crippen molar-refractivity contribution >= 4 is 11.7 Å². The van der Waals surface area contributed by atoms with Crippen LogP contribution in [0, 0.1) is 12.3 Å². The quantitative estimate of drug-likeness (QED) is 0.830. The first-order valence-electron chi connectivity index (χ1n) is 9.33. The van der Waals surface area contributed by atoms with E-state index >= 15 is 0 Å². The molecule has 5 nitrogen and oxygen atoms in total. The maximum Gasteiger partial charge on any atom is 0.251 e. The van der Waals surface area contributed by atoms with Crippen LogP contribution in [0.1, 0.15) is 72.1 Å². The van der Waals surface area contributed by atoms with Gasteiger partial charge in [0.2, 0.25) is 0 Å². The molecule has 2 aromatic rings. The second kappa shape index (κ2) is 7.06. The topological polar surface area (TPSA) is 64.0 Å². The number of hydrogen-bond donors (Lipinski definition) is 1. The molecule has 1 amide bonds. The number of carbonyl (C=O) groups is 2. The van der Waals surface area contributed by atoms with Gasteiger partial charge in [-0.1, -0.05) is 27.2 Å². The molecule has 0 bridgehead atoms. The summed E-state index contributed by atoms with van der Waals surface area (Å²) in [7, 11) is 0. The first-order valence-corrected chi connectivity index (χ1v) is 9.33. The van der Waals surface area contributed by atoms with Crippen LogP contribution in [0.15, 0.2) is 24.3 Å². The number of hydrogen-bond acceptors (Lipinski definition) is 3. The summed E-state index contributed by atoms with van der Waals surface area (Å²) in [5.74, 6) is 0.118. The monoisotopic (exact) mass is 353 g/mol. The van der Waals surface area contributed by atoms with E-state index < -0.39 is 0 Å². The van der Waals surface area contributed by atoms with Gasteiger partial charge in [0.1, 0.15) is 0 Å². The fourth-order valence-corrected chi connectivity index (χ4v) is 3.59.